The molecule has 15 heavy (non-hydrogen) atoms. The molecule has 0 bridgehead atoms. The quantitative estimate of drug-likeness (QED) is 0.644. The third-order valence-electron chi connectivity index (χ3n) is 2.61. The summed E-state index contributed by atoms with van der Waals surface area (Å²) in [5.41, 5.74) is 0. The lowest BCUT2D eigenvalue weighted by atomic mass is 10.4. The zero-order valence-corrected chi connectivity index (χ0v) is 10.7. The van der Waals surface area contributed by atoms with Crippen LogP contribution >= 0.6 is 12.2 Å². The fourth-order valence-electron chi connectivity index (χ4n) is 1.54. The van der Waals surface area contributed by atoms with Gasteiger partial charge in [-0.25, -0.2) is 0 Å². The van der Waals surface area contributed by atoms with Crippen LogP contribution in [0.1, 0.15) is 33.1 Å². The molecule has 1 aliphatic carbocycles. The van der Waals surface area contributed by atoms with Crippen LogP contribution in [0, 0.1) is 0 Å². The summed E-state index contributed by atoms with van der Waals surface area (Å²) in [6.45, 7) is 8.76. The number of nitrogens with one attached hydrogen (secondary N) is 2. The molecule has 1 aliphatic rings. The van der Waals surface area contributed by atoms with Gasteiger partial charge in [-0.15, -0.1) is 0 Å². The van der Waals surface area contributed by atoms with Crippen LogP contribution in [-0.4, -0.2) is 42.2 Å². The first-order valence-electron chi connectivity index (χ1n) is 6.03. The Kier molecular flexibility index (Phi) is 5.95. The summed E-state index contributed by atoms with van der Waals surface area (Å²) in [6.07, 6.45) is 3.77. The molecule has 4 heteroatoms. The van der Waals surface area contributed by atoms with E-state index in [0.717, 1.165) is 24.7 Å². The molecule has 2 N–H and O–H groups in total. The highest BCUT2D eigenvalue weighted by atomic mass is 32.1. The zero-order valence-electron chi connectivity index (χ0n) is 9.88. The topological polar surface area (TPSA) is 27.3 Å². The average molecular weight is 229 g/mol. The van der Waals surface area contributed by atoms with E-state index in [-0.39, 0.29) is 0 Å². The van der Waals surface area contributed by atoms with Gasteiger partial charge in [0.2, 0.25) is 0 Å². The predicted molar refractivity (Wildman–Crippen MR) is 69.2 cm³/mol. The van der Waals surface area contributed by atoms with Gasteiger partial charge in [-0.3, -0.25) is 0 Å². The lowest BCUT2D eigenvalue weighted by molar-refractivity contribution is 0.293. The van der Waals surface area contributed by atoms with Crippen molar-refractivity contribution in [2.45, 2.75) is 39.2 Å². The van der Waals surface area contributed by atoms with Crippen molar-refractivity contribution in [3.63, 3.8) is 0 Å². The highest BCUT2D eigenvalue weighted by molar-refractivity contribution is 7.80. The maximum atomic E-state index is 5.18. The van der Waals surface area contributed by atoms with E-state index < -0.39 is 0 Å². The largest absolute Gasteiger partial charge is 0.361 e. The Balaban J connectivity index is 2.00. The molecule has 0 heterocycles. The van der Waals surface area contributed by atoms with Gasteiger partial charge in [0.25, 0.3) is 0 Å². The first-order valence-corrected chi connectivity index (χ1v) is 6.43. The highest BCUT2D eigenvalue weighted by Crippen LogP contribution is 2.18. The first-order chi connectivity index (χ1) is 7.26. The Morgan fingerprint density at radius 1 is 1.33 bits per heavy atom. The van der Waals surface area contributed by atoms with Gasteiger partial charge in [-0.2, -0.15) is 0 Å². The third-order valence-corrected chi connectivity index (χ3v) is 2.88. The van der Waals surface area contributed by atoms with Crippen LogP contribution in [0.2, 0.25) is 0 Å². The number of nitrogens with zero attached hydrogens (tertiary/aromatic N) is 1. The highest BCUT2D eigenvalue weighted by Gasteiger charge is 2.21. The van der Waals surface area contributed by atoms with Crippen LogP contribution in [0.5, 0.6) is 0 Å². The van der Waals surface area contributed by atoms with Crippen LogP contribution in [0.25, 0.3) is 0 Å². The molecule has 0 radical (unpaired) electrons. The molecule has 1 rings (SSSR count). The summed E-state index contributed by atoms with van der Waals surface area (Å²) in [7, 11) is 0. The van der Waals surface area contributed by atoms with Crippen molar-refractivity contribution in [3.05, 3.63) is 0 Å². The van der Waals surface area contributed by atoms with Crippen LogP contribution in [-0.2, 0) is 0 Å². The molecule has 0 saturated heterocycles. The Bertz CT molecular complexity index is 192. The molecule has 3 nitrogen and oxygen atoms in total. The first kappa shape index (κ1) is 12.7. The molecular formula is C11H23N3S. The summed E-state index contributed by atoms with van der Waals surface area (Å²) in [5.74, 6) is 0. The van der Waals surface area contributed by atoms with E-state index in [1.54, 1.807) is 0 Å². The summed E-state index contributed by atoms with van der Waals surface area (Å²) >= 11 is 5.18. The minimum Gasteiger partial charge on any atom is -0.361 e. The molecule has 0 aromatic rings. The lowest BCUT2D eigenvalue weighted by Crippen LogP contribution is -2.41. The molecule has 0 amide bonds. The van der Waals surface area contributed by atoms with Gasteiger partial charge in [-0.05, 0) is 44.6 Å². The molecular weight excluding hydrogens is 206 g/mol. The maximum absolute atomic E-state index is 5.18. The fraction of sp³-hybridized carbons (Fsp3) is 0.909. The van der Waals surface area contributed by atoms with Crippen LogP contribution in [0.15, 0.2) is 0 Å². The molecule has 0 spiro atoms. The Morgan fingerprint density at radius 2 is 2.07 bits per heavy atom. The van der Waals surface area contributed by atoms with Crippen molar-refractivity contribution in [1.82, 2.24) is 15.5 Å². The SMILES string of the molecule is CCCN(CC)CCNC(=S)NC1CC1. The monoisotopic (exact) mass is 229 g/mol. The van der Waals surface area contributed by atoms with E-state index in [2.05, 4.69) is 29.4 Å². The number of likely N-dealkylation sites (N-methyl/N-ethyl adjacent to an activating group) is 1. The van der Waals surface area contributed by atoms with Gasteiger partial charge >= 0.3 is 0 Å². The number of rotatable bonds is 7. The van der Waals surface area contributed by atoms with E-state index in [4.69, 9.17) is 12.2 Å². The average Bonchev–Trinajstić information content (AvgIpc) is 3.00. The Morgan fingerprint density at radius 3 is 2.60 bits per heavy atom. The van der Waals surface area contributed by atoms with Crippen molar-refractivity contribution in [2.24, 2.45) is 0 Å². The van der Waals surface area contributed by atoms with Gasteiger partial charge in [0, 0.05) is 19.1 Å². The molecule has 0 unspecified atom stereocenters. The smallest absolute Gasteiger partial charge is 0.166 e. The molecule has 0 atom stereocenters. The number of thiocarbonyl (C=S) groups is 1. The lowest BCUT2D eigenvalue weighted by Gasteiger charge is -2.20. The van der Waals surface area contributed by atoms with E-state index in [9.17, 15) is 0 Å². The zero-order chi connectivity index (χ0) is 11.1. The molecule has 1 fully saturated rings. The van der Waals surface area contributed by atoms with Crippen molar-refractivity contribution in [3.8, 4) is 0 Å². The summed E-state index contributed by atoms with van der Waals surface area (Å²) in [6, 6.07) is 0.655. The summed E-state index contributed by atoms with van der Waals surface area (Å²) < 4.78 is 0. The van der Waals surface area contributed by atoms with Gasteiger partial charge in [0.15, 0.2) is 5.11 Å². The van der Waals surface area contributed by atoms with Crippen molar-refractivity contribution in [1.29, 1.82) is 0 Å². The number of hydrogen-bond donors (Lipinski definition) is 2. The van der Waals surface area contributed by atoms with Crippen molar-refractivity contribution in [2.75, 3.05) is 26.2 Å². The molecule has 88 valence electrons. The van der Waals surface area contributed by atoms with Crippen LogP contribution in [0.4, 0.5) is 0 Å². The predicted octanol–water partition coefficient (Wildman–Crippen LogP) is 1.34. The minimum atomic E-state index is 0.655. The second-order valence-corrected chi connectivity index (χ2v) is 4.52. The van der Waals surface area contributed by atoms with E-state index in [1.165, 1.54) is 25.8 Å². The van der Waals surface area contributed by atoms with Gasteiger partial charge in [0.1, 0.15) is 0 Å². The van der Waals surface area contributed by atoms with Gasteiger partial charge < -0.3 is 15.5 Å². The van der Waals surface area contributed by atoms with Crippen LogP contribution in [0.3, 0.4) is 0 Å². The van der Waals surface area contributed by atoms with Crippen LogP contribution < -0.4 is 10.6 Å². The van der Waals surface area contributed by atoms with Gasteiger partial charge in [0.05, 0.1) is 0 Å². The maximum Gasteiger partial charge on any atom is 0.166 e. The molecule has 0 aliphatic heterocycles. The van der Waals surface area contributed by atoms with Gasteiger partial charge in [-0.1, -0.05) is 13.8 Å². The molecule has 0 aromatic carbocycles. The fourth-order valence-corrected chi connectivity index (χ4v) is 1.80. The Hall–Kier alpha value is -0.350. The molecule has 1 saturated carbocycles. The summed E-state index contributed by atoms with van der Waals surface area (Å²) in [4.78, 5) is 2.44. The van der Waals surface area contributed by atoms with E-state index in [0.29, 0.717) is 6.04 Å². The standard InChI is InChI=1S/C11H23N3S/c1-3-8-14(4-2)9-7-12-11(15)13-10-5-6-10/h10H,3-9H2,1-2H3,(H2,12,13,15). The summed E-state index contributed by atoms with van der Waals surface area (Å²) in [5, 5.41) is 7.36. The van der Waals surface area contributed by atoms with Crippen molar-refractivity contribution >= 4 is 17.3 Å². The second-order valence-electron chi connectivity index (χ2n) is 4.11. The van der Waals surface area contributed by atoms with Crippen molar-refractivity contribution < 1.29 is 0 Å². The third kappa shape index (κ3) is 5.95. The molecule has 0 aromatic heterocycles. The second kappa shape index (κ2) is 7.01. The van der Waals surface area contributed by atoms with E-state index >= 15 is 0 Å². The Labute approximate surface area is 98.6 Å². The number of hydrogen-bond acceptors (Lipinski definition) is 2. The van der Waals surface area contributed by atoms with E-state index in [1.807, 2.05) is 0 Å². The normalized spacial score (nSPS) is 15.4. The minimum absolute atomic E-state index is 0.655.